The molecule has 0 N–H and O–H groups in total. The number of hydrogen-bond acceptors (Lipinski definition) is 4. The third kappa shape index (κ3) is 5.82. The van der Waals surface area contributed by atoms with Gasteiger partial charge in [0.2, 0.25) is 0 Å². The van der Waals surface area contributed by atoms with E-state index in [9.17, 15) is 4.79 Å². The Balaban J connectivity index is 1.77. The fraction of sp³-hybridized carbons (Fsp3) is 0.320. The van der Waals surface area contributed by atoms with Gasteiger partial charge < -0.3 is 14.2 Å². The van der Waals surface area contributed by atoms with Crippen LogP contribution in [0.2, 0.25) is 5.02 Å². The van der Waals surface area contributed by atoms with Gasteiger partial charge in [0.05, 0.1) is 19.8 Å². The van der Waals surface area contributed by atoms with E-state index in [2.05, 4.69) is 31.7 Å². The molecule has 3 aromatic carbocycles. The van der Waals surface area contributed by atoms with Crippen LogP contribution in [0.1, 0.15) is 25.3 Å². The fourth-order valence-corrected chi connectivity index (χ4v) is 3.54. The summed E-state index contributed by atoms with van der Waals surface area (Å²) in [6, 6.07) is 16.2. The minimum atomic E-state index is -0.489. The molecule has 0 aliphatic heterocycles. The maximum absolute atomic E-state index is 11.7. The SMILES string of the molecule is C=CC(=O)OC(COCCCC)COCc1c2ccccc2cc2ccc(Cl)cc12. The van der Waals surface area contributed by atoms with Crippen LogP contribution in [0.4, 0.5) is 0 Å². The normalized spacial score (nSPS) is 12.2. The lowest BCUT2D eigenvalue weighted by molar-refractivity contribution is -0.150. The van der Waals surface area contributed by atoms with E-state index >= 15 is 0 Å². The molecule has 1 atom stereocenters. The number of rotatable bonds is 11. The molecule has 0 aliphatic rings. The van der Waals surface area contributed by atoms with E-state index in [1.165, 1.54) is 0 Å². The predicted octanol–water partition coefficient (Wildman–Crippen LogP) is 6.08. The summed E-state index contributed by atoms with van der Waals surface area (Å²) in [7, 11) is 0. The summed E-state index contributed by atoms with van der Waals surface area (Å²) in [6.07, 6.45) is 2.67. The van der Waals surface area contributed by atoms with Gasteiger partial charge in [0.25, 0.3) is 0 Å². The van der Waals surface area contributed by atoms with Crippen molar-refractivity contribution in [2.24, 2.45) is 0 Å². The summed E-state index contributed by atoms with van der Waals surface area (Å²) in [5.74, 6) is -0.481. The molecular weight excluding hydrogens is 400 g/mol. The van der Waals surface area contributed by atoms with E-state index in [1.54, 1.807) is 0 Å². The van der Waals surface area contributed by atoms with Gasteiger partial charge in [-0.1, -0.05) is 61.9 Å². The first kappa shape index (κ1) is 22.3. The zero-order valence-corrected chi connectivity index (χ0v) is 18.0. The van der Waals surface area contributed by atoms with Crippen LogP contribution in [0.15, 0.2) is 61.2 Å². The van der Waals surface area contributed by atoms with Gasteiger partial charge in [-0.15, -0.1) is 0 Å². The molecule has 3 rings (SSSR count). The number of esters is 1. The summed E-state index contributed by atoms with van der Waals surface area (Å²) in [5.41, 5.74) is 1.06. The first-order valence-corrected chi connectivity index (χ1v) is 10.6. The number of benzene rings is 3. The second-order valence-electron chi connectivity index (χ2n) is 7.15. The molecule has 0 amide bonds. The van der Waals surface area contributed by atoms with Crippen LogP contribution in [0.3, 0.4) is 0 Å². The first-order chi connectivity index (χ1) is 14.6. The number of unbranched alkanes of at least 4 members (excludes halogenated alkanes) is 1. The highest BCUT2D eigenvalue weighted by Crippen LogP contribution is 2.31. The van der Waals surface area contributed by atoms with Crippen LogP contribution in [0.5, 0.6) is 0 Å². The molecular formula is C25H27ClO4. The topological polar surface area (TPSA) is 44.8 Å². The molecule has 0 radical (unpaired) electrons. The van der Waals surface area contributed by atoms with Gasteiger partial charge in [-0.3, -0.25) is 0 Å². The summed E-state index contributed by atoms with van der Waals surface area (Å²) in [5, 5.41) is 5.10. The van der Waals surface area contributed by atoms with Crippen LogP contribution in [0.25, 0.3) is 21.5 Å². The van der Waals surface area contributed by atoms with E-state index in [-0.39, 0.29) is 6.61 Å². The minimum absolute atomic E-state index is 0.233. The van der Waals surface area contributed by atoms with Crippen molar-refractivity contribution in [3.63, 3.8) is 0 Å². The average Bonchev–Trinajstić information content (AvgIpc) is 2.76. The lowest BCUT2D eigenvalue weighted by Gasteiger charge is -2.18. The maximum atomic E-state index is 11.7. The molecule has 0 bridgehead atoms. The van der Waals surface area contributed by atoms with Crippen molar-refractivity contribution in [2.75, 3.05) is 19.8 Å². The Hall–Kier alpha value is -2.40. The number of halogens is 1. The second-order valence-corrected chi connectivity index (χ2v) is 7.58. The largest absolute Gasteiger partial charge is 0.454 e. The zero-order chi connectivity index (χ0) is 21.3. The van der Waals surface area contributed by atoms with E-state index in [0.29, 0.717) is 24.8 Å². The van der Waals surface area contributed by atoms with Crippen LogP contribution in [-0.2, 0) is 25.6 Å². The quantitative estimate of drug-likeness (QED) is 0.161. The van der Waals surface area contributed by atoms with Crippen molar-refractivity contribution < 1.29 is 19.0 Å². The molecule has 4 nitrogen and oxygen atoms in total. The number of fused-ring (bicyclic) bond motifs is 2. The smallest absolute Gasteiger partial charge is 0.330 e. The molecule has 0 fully saturated rings. The monoisotopic (exact) mass is 426 g/mol. The zero-order valence-electron chi connectivity index (χ0n) is 17.2. The number of carbonyl (C=O) groups excluding carboxylic acids is 1. The molecule has 0 aromatic heterocycles. The highest BCUT2D eigenvalue weighted by molar-refractivity contribution is 6.31. The van der Waals surface area contributed by atoms with Crippen molar-refractivity contribution in [3.8, 4) is 0 Å². The van der Waals surface area contributed by atoms with Crippen molar-refractivity contribution in [1.29, 1.82) is 0 Å². The Kier molecular flexibility index (Phi) is 8.26. The van der Waals surface area contributed by atoms with Gasteiger partial charge in [-0.25, -0.2) is 4.79 Å². The predicted molar refractivity (Wildman–Crippen MR) is 122 cm³/mol. The molecule has 0 spiro atoms. The Labute approximate surface area is 182 Å². The summed E-state index contributed by atoms with van der Waals surface area (Å²) in [4.78, 5) is 11.7. The lowest BCUT2D eigenvalue weighted by atomic mass is 9.97. The van der Waals surface area contributed by atoms with E-state index in [0.717, 1.165) is 46.0 Å². The number of hydrogen-bond donors (Lipinski definition) is 0. The molecule has 1 unspecified atom stereocenters. The molecule has 0 aliphatic carbocycles. The van der Waals surface area contributed by atoms with Gasteiger partial charge in [-0.2, -0.15) is 0 Å². The number of carbonyl (C=O) groups is 1. The third-order valence-corrected chi connectivity index (χ3v) is 5.12. The minimum Gasteiger partial charge on any atom is -0.454 e. The Morgan fingerprint density at radius 2 is 1.83 bits per heavy atom. The molecule has 0 saturated heterocycles. The summed E-state index contributed by atoms with van der Waals surface area (Å²) in [6.45, 7) is 7.09. The highest BCUT2D eigenvalue weighted by Gasteiger charge is 2.15. The van der Waals surface area contributed by atoms with Crippen LogP contribution in [0, 0.1) is 0 Å². The van der Waals surface area contributed by atoms with E-state index in [1.807, 2.05) is 30.3 Å². The second kappa shape index (κ2) is 11.1. The molecule has 5 heteroatoms. The van der Waals surface area contributed by atoms with Crippen molar-refractivity contribution in [1.82, 2.24) is 0 Å². The van der Waals surface area contributed by atoms with Crippen LogP contribution < -0.4 is 0 Å². The van der Waals surface area contributed by atoms with Gasteiger partial charge >= 0.3 is 5.97 Å². The highest BCUT2D eigenvalue weighted by atomic mass is 35.5. The Morgan fingerprint density at radius 3 is 2.63 bits per heavy atom. The van der Waals surface area contributed by atoms with E-state index < -0.39 is 12.1 Å². The van der Waals surface area contributed by atoms with Gasteiger partial charge in [-0.05, 0) is 51.7 Å². The molecule has 158 valence electrons. The Morgan fingerprint density at radius 1 is 1.07 bits per heavy atom. The molecule has 3 aromatic rings. The average molecular weight is 427 g/mol. The van der Waals surface area contributed by atoms with Crippen molar-refractivity contribution >= 4 is 39.1 Å². The molecule has 30 heavy (non-hydrogen) atoms. The molecule has 0 heterocycles. The third-order valence-electron chi connectivity index (χ3n) is 4.88. The number of ether oxygens (including phenoxy) is 3. The summed E-state index contributed by atoms with van der Waals surface area (Å²) < 4.78 is 17.0. The van der Waals surface area contributed by atoms with Crippen LogP contribution >= 0.6 is 11.6 Å². The standard InChI is InChI=1S/C25H27ClO4/c1-3-5-12-28-15-21(30-25(27)4-2)16-29-17-24-22-9-7-6-8-18(22)13-19-10-11-20(26)14-23(19)24/h4,6-11,13-14,21H,2-3,5,12,15-17H2,1H3. The lowest BCUT2D eigenvalue weighted by Crippen LogP contribution is -2.28. The van der Waals surface area contributed by atoms with Gasteiger partial charge in [0, 0.05) is 17.7 Å². The maximum Gasteiger partial charge on any atom is 0.330 e. The summed E-state index contributed by atoms with van der Waals surface area (Å²) >= 11 is 6.26. The van der Waals surface area contributed by atoms with Crippen molar-refractivity contribution in [2.45, 2.75) is 32.5 Å². The fourth-order valence-electron chi connectivity index (χ4n) is 3.36. The molecule has 0 saturated carbocycles. The first-order valence-electron chi connectivity index (χ1n) is 10.2. The van der Waals surface area contributed by atoms with Crippen LogP contribution in [-0.4, -0.2) is 31.9 Å². The van der Waals surface area contributed by atoms with E-state index in [4.69, 9.17) is 25.8 Å². The van der Waals surface area contributed by atoms with Gasteiger partial charge in [0.15, 0.2) is 0 Å². The van der Waals surface area contributed by atoms with Gasteiger partial charge in [0.1, 0.15) is 6.10 Å². The Bertz CT molecular complexity index is 1010. The van der Waals surface area contributed by atoms with Crippen molar-refractivity contribution in [3.05, 3.63) is 71.8 Å².